The van der Waals surface area contributed by atoms with Gasteiger partial charge in [0.05, 0.1) is 7.11 Å². The maximum Gasteiger partial charge on any atom is 0.306 e. The highest BCUT2D eigenvalue weighted by Crippen LogP contribution is 2.15. The summed E-state index contributed by atoms with van der Waals surface area (Å²) in [6.45, 7) is 5.63. The van der Waals surface area contributed by atoms with Crippen LogP contribution in [0.25, 0.3) is 0 Å². The van der Waals surface area contributed by atoms with Gasteiger partial charge in [-0.3, -0.25) is 9.59 Å². The second-order valence-electron chi connectivity index (χ2n) is 5.28. The average molecular weight is 293 g/mol. The Balaban J connectivity index is 2.44. The number of carbonyl (C=O) groups is 2. The predicted molar refractivity (Wildman–Crippen MR) is 81.2 cm³/mol. The number of nitrogens with one attached hydrogen (secondary N) is 1. The number of amides is 1. The van der Waals surface area contributed by atoms with Crippen LogP contribution in [0.2, 0.25) is 0 Å². The molecular formula is C16H23NO4. The lowest BCUT2D eigenvalue weighted by atomic mass is 10.1. The lowest BCUT2D eigenvalue weighted by Gasteiger charge is -2.14. The van der Waals surface area contributed by atoms with E-state index in [1.807, 2.05) is 13.8 Å². The number of carbonyl (C=O) groups excluding carboxylic acids is 2. The maximum atomic E-state index is 11.9. The molecule has 0 aliphatic carbocycles. The molecule has 0 saturated carbocycles. The standard InChI is InChI=1S/C16H23NO4/c1-11(2)5-10-15(18)21-12(3)16(19)17-13-6-8-14(20-4)9-7-13/h6-9,11-12H,5,10H2,1-4H3,(H,17,19)/t12-/m1/s1. The van der Waals surface area contributed by atoms with Gasteiger partial charge in [0, 0.05) is 12.1 Å². The molecule has 0 saturated heterocycles. The van der Waals surface area contributed by atoms with E-state index in [0.717, 1.165) is 6.42 Å². The molecular weight excluding hydrogens is 270 g/mol. The Morgan fingerprint density at radius 1 is 1.14 bits per heavy atom. The average Bonchev–Trinajstić information content (AvgIpc) is 2.45. The van der Waals surface area contributed by atoms with Crippen molar-refractivity contribution in [2.24, 2.45) is 5.92 Å². The van der Waals surface area contributed by atoms with Crippen molar-refractivity contribution in [1.82, 2.24) is 0 Å². The van der Waals surface area contributed by atoms with Gasteiger partial charge in [0.2, 0.25) is 0 Å². The van der Waals surface area contributed by atoms with Crippen LogP contribution in [0.1, 0.15) is 33.6 Å². The molecule has 0 aromatic heterocycles. The monoisotopic (exact) mass is 293 g/mol. The molecule has 1 aromatic rings. The molecule has 0 fully saturated rings. The number of esters is 1. The van der Waals surface area contributed by atoms with Crippen molar-refractivity contribution < 1.29 is 19.1 Å². The van der Waals surface area contributed by atoms with Crippen molar-refractivity contribution in [3.63, 3.8) is 0 Å². The highest BCUT2D eigenvalue weighted by molar-refractivity contribution is 5.95. The summed E-state index contributed by atoms with van der Waals surface area (Å²) in [4.78, 5) is 23.5. The van der Waals surface area contributed by atoms with Gasteiger partial charge in [0.1, 0.15) is 5.75 Å². The lowest BCUT2D eigenvalue weighted by molar-refractivity contribution is -0.153. The summed E-state index contributed by atoms with van der Waals surface area (Å²) in [6, 6.07) is 6.94. The second-order valence-corrected chi connectivity index (χ2v) is 5.28. The Kier molecular flexibility index (Phi) is 6.72. The maximum absolute atomic E-state index is 11.9. The Bertz CT molecular complexity index is 468. The normalized spacial score (nSPS) is 11.9. The van der Waals surface area contributed by atoms with E-state index in [2.05, 4.69) is 5.32 Å². The van der Waals surface area contributed by atoms with Crippen LogP contribution < -0.4 is 10.1 Å². The summed E-state index contributed by atoms with van der Waals surface area (Å²) in [5.74, 6) is 0.446. The molecule has 0 radical (unpaired) electrons. The number of anilines is 1. The van der Waals surface area contributed by atoms with Crippen LogP contribution in [0, 0.1) is 5.92 Å². The third-order valence-corrected chi connectivity index (χ3v) is 2.96. The Morgan fingerprint density at radius 3 is 2.29 bits per heavy atom. The van der Waals surface area contributed by atoms with Crippen LogP contribution >= 0.6 is 0 Å². The third-order valence-electron chi connectivity index (χ3n) is 2.96. The molecule has 0 aliphatic rings. The van der Waals surface area contributed by atoms with Crippen LogP contribution in [0.5, 0.6) is 5.75 Å². The SMILES string of the molecule is COc1ccc(NC(=O)[C@@H](C)OC(=O)CCC(C)C)cc1. The van der Waals surface area contributed by atoms with Crippen LogP contribution in [0.4, 0.5) is 5.69 Å². The zero-order chi connectivity index (χ0) is 15.8. The van der Waals surface area contributed by atoms with E-state index >= 15 is 0 Å². The van der Waals surface area contributed by atoms with Crippen molar-refractivity contribution in [1.29, 1.82) is 0 Å². The summed E-state index contributed by atoms with van der Waals surface area (Å²) in [5.41, 5.74) is 0.630. The number of rotatable bonds is 7. The van der Waals surface area contributed by atoms with Crippen molar-refractivity contribution in [2.75, 3.05) is 12.4 Å². The van der Waals surface area contributed by atoms with Gasteiger partial charge in [-0.2, -0.15) is 0 Å². The van der Waals surface area contributed by atoms with Gasteiger partial charge in [-0.05, 0) is 43.5 Å². The topological polar surface area (TPSA) is 64.6 Å². The Morgan fingerprint density at radius 2 is 1.76 bits per heavy atom. The molecule has 21 heavy (non-hydrogen) atoms. The quantitative estimate of drug-likeness (QED) is 0.785. The molecule has 1 rings (SSSR count). The van der Waals surface area contributed by atoms with E-state index < -0.39 is 6.10 Å². The zero-order valence-electron chi connectivity index (χ0n) is 13.0. The molecule has 1 atom stereocenters. The fourth-order valence-electron chi connectivity index (χ4n) is 1.63. The largest absolute Gasteiger partial charge is 0.497 e. The van der Waals surface area contributed by atoms with Crippen LogP contribution in [-0.2, 0) is 14.3 Å². The summed E-state index contributed by atoms with van der Waals surface area (Å²) in [6.07, 6.45) is 0.274. The summed E-state index contributed by atoms with van der Waals surface area (Å²) in [7, 11) is 1.58. The molecule has 1 amide bonds. The number of methoxy groups -OCH3 is 1. The lowest BCUT2D eigenvalue weighted by Crippen LogP contribution is -2.30. The van der Waals surface area contributed by atoms with E-state index in [1.165, 1.54) is 0 Å². The Hall–Kier alpha value is -2.04. The first-order valence-electron chi connectivity index (χ1n) is 7.06. The summed E-state index contributed by atoms with van der Waals surface area (Å²) < 4.78 is 10.1. The van der Waals surface area contributed by atoms with Gasteiger partial charge in [-0.25, -0.2) is 0 Å². The molecule has 5 nitrogen and oxygen atoms in total. The van der Waals surface area contributed by atoms with Crippen molar-refractivity contribution in [2.45, 2.75) is 39.7 Å². The third kappa shape index (κ3) is 6.29. The minimum Gasteiger partial charge on any atom is -0.497 e. The summed E-state index contributed by atoms with van der Waals surface area (Å²) >= 11 is 0. The molecule has 0 spiro atoms. The fraction of sp³-hybridized carbons (Fsp3) is 0.500. The predicted octanol–water partition coefficient (Wildman–Crippen LogP) is 3.00. The minimum absolute atomic E-state index is 0.331. The van der Waals surface area contributed by atoms with Crippen LogP contribution in [0.15, 0.2) is 24.3 Å². The fourth-order valence-corrected chi connectivity index (χ4v) is 1.63. The van der Waals surface area contributed by atoms with Crippen molar-refractivity contribution >= 4 is 17.6 Å². The number of hydrogen-bond acceptors (Lipinski definition) is 4. The first-order valence-corrected chi connectivity index (χ1v) is 7.06. The molecule has 1 aromatic carbocycles. The van der Waals surface area contributed by atoms with Crippen LogP contribution in [-0.4, -0.2) is 25.1 Å². The van der Waals surface area contributed by atoms with Crippen molar-refractivity contribution in [3.05, 3.63) is 24.3 Å². The van der Waals surface area contributed by atoms with E-state index in [4.69, 9.17) is 9.47 Å². The number of hydrogen-bond donors (Lipinski definition) is 1. The first kappa shape index (κ1) is 17.0. The molecule has 0 heterocycles. The van der Waals surface area contributed by atoms with E-state index in [1.54, 1.807) is 38.3 Å². The second kappa shape index (κ2) is 8.29. The number of benzene rings is 1. The van der Waals surface area contributed by atoms with Gasteiger partial charge in [0.25, 0.3) is 5.91 Å². The van der Waals surface area contributed by atoms with Gasteiger partial charge >= 0.3 is 5.97 Å². The molecule has 0 unspecified atom stereocenters. The first-order chi connectivity index (χ1) is 9.92. The van der Waals surface area contributed by atoms with E-state index in [9.17, 15) is 9.59 Å². The highest BCUT2D eigenvalue weighted by Gasteiger charge is 2.18. The van der Waals surface area contributed by atoms with E-state index in [-0.39, 0.29) is 11.9 Å². The van der Waals surface area contributed by atoms with Gasteiger partial charge in [-0.1, -0.05) is 13.8 Å². The molecule has 116 valence electrons. The van der Waals surface area contributed by atoms with Gasteiger partial charge < -0.3 is 14.8 Å². The number of ether oxygens (including phenoxy) is 2. The van der Waals surface area contributed by atoms with Gasteiger partial charge in [0.15, 0.2) is 6.10 Å². The minimum atomic E-state index is -0.813. The summed E-state index contributed by atoms with van der Waals surface area (Å²) in [5, 5.41) is 2.69. The Labute approximate surface area is 125 Å². The molecule has 0 bridgehead atoms. The van der Waals surface area contributed by atoms with E-state index in [0.29, 0.717) is 23.8 Å². The van der Waals surface area contributed by atoms with Crippen LogP contribution in [0.3, 0.4) is 0 Å². The molecule has 0 aliphatic heterocycles. The van der Waals surface area contributed by atoms with Crippen molar-refractivity contribution in [3.8, 4) is 5.75 Å². The smallest absolute Gasteiger partial charge is 0.306 e. The van der Waals surface area contributed by atoms with Gasteiger partial charge in [-0.15, -0.1) is 0 Å². The molecule has 1 N–H and O–H groups in total. The molecule has 5 heteroatoms. The zero-order valence-corrected chi connectivity index (χ0v) is 13.0. The highest BCUT2D eigenvalue weighted by atomic mass is 16.5.